The topological polar surface area (TPSA) is 60.0 Å². The Hall–Kier alpha value is -2.22. The number of amides is 1. The zero-order chi connectivity index (χ0) is 20.6. The van der Waals surface area contributed by atoms with Gasteiger partial charge in [-0.25, -0.2) is 8.78 Å². The fraction of sp³-hybridized carbons (Fsp3) is 0.619. The molecule has 1 aromatic carbocycles. The fourth-order valence-corrected chi connectivity index (χ4v) is 3.96. The number of hydrogen-bond acceptors (Lipinski definition) is 3. The average molecular weight is 408 g/mol. The summed E-state index contributed by atoms with van der Waals surface area (Å²) in [5.74, 6) is 0.954. The first-order chi connectivity index (χ1) is 14.0. The van der Waals surface area contributed by atoms with E-state index in [1.807, 2.05) is 15.9 Å². The third-order valence-electron chi connectivity index (χ3n) is 5.54. The number of guanidine groups is 1. The lowest BCUT2D eigenvalue weighted by molar-refractivity contribution is -0.128. The van der Waals surface area contributed by atoms with Crippen LogP contribution in [0.15, 0.2) is 29.3 Å². The molecule has 2 heterocycles. The second kappa shape index (κ2) is 10.5. The number of hydrogen-bond donors (Lipinski definition) is 2. The number of carbonyl (C=O) groups is 1. The molecular weight excluding hydrogens is 376 g/mol. The Morgan fingerprint density at radius 3 is 2.66 bits per heavy atom. The predicted octanol–water partition coefficient (Wildman–Crippen LogP) is 2.20. The number of alkyl halides is 2. The predicted molar refractivity (Wildman–Crippen MR) is 110 cm³/mol. The first kappa shape index (κ1) is 21.5. The molecule has 2 aliphatic heterocycles. The number of piperidine rings is 1. The maximum absolute atomic E-state index is 12.5. The van der Waals surface area contributed by atoms with Crippen LogP contribution in [0, 0.1) is 0 Å². The Morgan fingerprint density at radius 1 is 1.24 bits per heavy atom. The van der Waals surface area contributed by atoms with E-state index < -0.39 is 6.43 Å². The summed E-state index contributed by atoms with van der Waals surface area (Å²) in [6.07, 6.45) is 0.987. The van der Waals surface area contributed by atoms with Crippen molar-refractivity contribution in [1.29, 1.82) is 0 Å². The molecule has 2 N–H and O–H groups in total. The zero-order valence-electron chi connectivity index (χ0n) is 17.0. The summed E-state index contributed by atoms with van der Waals surface area (Å²) in [7, 11) is 1.73. The standard InChI is InChI=1S/C21H31F2N5O/c1-24-21(26-18-7-10-27(11-8-18)15-19(22)23)25-13-16-4-2-5-17(12-16)14-28-9-3-6-20(28)29/h2,4-5,12,18-19H,3,6-11,13-15H2,1H3,(H2,24,25,26). The highest BCUT2D eigenvalue weighted by Crippen LogP contribution is 2.15. The second-order valence-electron chi connectivity index (χ2n) is 7.77. The third kappa shape index (κ3) is 6.66. The Morgan fingerprint density at radius 2 is 2.00 bits per heavy atom. The summed E-state index contributed by atoms with van der Waals surface area (Å²) in [5, 5.41) is 6.73. The Labute approximate surface area is 171 Å². The minimum atomic E-state index is -2.27. The van der Waals surface area contributed by atoms with E-state index in [0.29, 0.717) is 32.6 Å². The first-order valence-corrected chi connectivity index (χ1v) is 10.4. The lowest BCUT2D eigenvalue weighted by Gasteiger charge is -2.32. The van der Waals surface area contributed by atoms with E-state index in [1.165, 1.54) is 0 Å². The summed E-state index contributed by atoms with van der Waals surface area (Å²) in [6.45, 7) is 3.35. The van der Waals surface area contributed by atoms with Crippen LogP contribution in [-0.4, -0.2) is 67.4 Å². The van der Waals surface area contributed by atoms with Crippen LogP contribution in [0.25, 0.3) is 0 Å². The molecule has 0 atom stereocenters. The smallest absolute Gasteiger partial charge is 0.251 e. The van der Waals surface area contributed by atoms with E-state index in [1.54, 1.807) is 7.05 Å². The highest BCUT2D eigenvalue weighted by atomic mass is 19.3. The molecule has 2 fully saturated rings. The van der Waals surface area contributed by atoms with Crippen molar-refractivity contribution < 1.29 is 13.6 Å². The molecule has 0 spiro atoms. The van der Waals surface area contributed by atoms with Crippen molar-refractivity contribution in [3.8, 4) is 0 Å². The van der Waals surface area contributed by atoms with Gasteiger partial charge in [0.25, 0.3) is 6.43 Å². The van der Waals surface area contributed by atoms with Gasteiger partial charge in [0.2, 0.25) is 5.91 Å². The van der Waals surface area contributed by atoms with E-state index >= 15 is 0 Å². The van der Waals surface area contributed by atoms with Gasteiger partial charge < -0.3 is 15.5 Å². The molecule has 6 nitrogen and oxygen atoms in total. The Bertz CT molecular complexity index is 704. The average Bonchev–Trinajstić information content (AvgIpc) is 3.11. The molecule has 2 aliphatic rings. The van der Waals surface area contributed by atoms with Crippen molar-refractivity contribution >= 4 is 11.9 Å². The molecule has 160 valence electrons. The maximum Gasteiger partial charge on any atom is 0.251 e. The number of likely N-dealkylation sites (tertiary alicyclic amines) is 2. The van der Waals surface area contributed by atoms with Gasteiger partial charge in [0.05, 0.1) is 6.54 Å². The van der Waals surface area contributed by atoms with Gasteiger partial charge in [-0.1, -0.05) is 24.3 Å². The minimum Gasteiger partial charge on any atom is -0.354 e. The SMILES string of the molecule is CN=C(NCc1cccc(CN2CCCC2=O)c1)NC1CCN(CC(F)F)CC1. The van der Waals surface area contributed by atoms with Crippen LogP contribution in [-0.2, 0) is 17.9 Å². The monoisotopic (exact) mass is 407 g/mol. The highest BCUT2D eigenvalue weighted by molar-refractivity contribution is 5.80. The summed E-state index contributed by atoms with van der Waals surface area (Å²) in [4.78, 5) is 19.8. The molecule has 0 aliphatic carbocycles. The van der Waals surface area contributed by atoms with Gasteiger partial charge in [-0.15, -0.1) is 0 Å². The molecule has 3 rings (SSSR count). The fourth-order valence-electron chi connectivity index (χ4n) is 3.96. The summed E-state index contributed by atoms with van der Waals surface area (Å²) in [6, 6.07) is 8.48. The minimum absolute atomic E-state index is 0.140. The Balaban J connectivity index is 1.45. The molecule has 1 amide bonds. The normalized spacial score (nSPS) is 19.2. The lowest BCUT2D eigenvalue weighted by atomic mass is 10.1. The van der Waals surface area contributed by atoms with Gasteiger partial charge in [-0.3, -0.25) is 14.7 Å². The van der Waals surface area contributed by atoms with Crippen LogP contribution < -0.4 is 10.6 Å². The lowest BCUT2D eigenvalue weighted by Crippen LogP contribution is -2.49. The number of nitrogens with zero attached hydrogens (tertiary/aromatic N) is 3. The Kier molecular flexibility index (Phi) is 7.80. The van der Waals surface area contributed by atoms with Gasteiger partial charge in [0.1, 0.15) is 0 Å². The van der Waals surface area contributed by atoms with Gasteiger partial charge in [-0.05, 0) is 30.4 Å². The summed E-state index contributed by atoms with van der Waals surface area (Å²) < 4.78 is 25.0. The van der Waals surface area contributed by atoms with Gasteiger partial charge in [-0.2, -0.15) is 0 Å². The van der Waals surface area contributed by atoms with Crippen molar-refractivity contribution in [1.82, 2.24) is 20.4 Å². The third-order valence-corrected chi connectivity index (χ3v) is 5.54. The first-order valence-electron chi connectivity index (χ1n) is 10.4. The maximum atomic E-state index is 12.5. The highest BCUT2D eigenvalue weighted by Gasteiger charge is 2.22. The second-order valence-corrected chi connectivity index (χ2v) is 7.77. The van der Waals surface area contributed by atoms with Crippen LogP contribution in [0.4, 0.5) is 8.78 Å². The quantitative estimate of drug-likeness (QED) is 0.538. The number of carbonyl (C=O) groups excluding carboxylic acids is 1. The number of rotatable bonds is 7. The van der Waals surface area contributed by atoms with Crippen LogP contribution in [0.5, 0.6) is 0 Å². The number of nitrogens with one attached hydrogen (secondary N) is 2. The number of benzene rings is 1. The van der Waals surface area contributed by atoms with Crippen LogP contribution >= 0.6 is 0 Å². The molecule has 1 aromatic rings. The molecule has 0 unspecified atom stereocenters. The van der Waals surface area contributed by atoms with Crippen LogP contribution in [0.1, 0.15) is 36.8 Å². The number of halogens is 2. The number of aliphatic imine (C=N–C) groups is 1. The van der Waals surface area contributed by atoms with Crippen molar-refractivity contribution in [2.24, 2.45) is 4.99 Å². The molecule has 0 bridgehead atoms. The molecule has 8 heteroatoms. The van der Waals surface area contributed by atoms with Crippen molar-refractivity contribution in [2.75, 3.05) is 33.2 Å². The van der Waals surface area contributed by atoms with E-state index in [4.69, 9.17) is 0 Å². The van der Waals surface area contributed by atoms with Crippen molar-refractivity contribution in [3.05, 3.63) is 35.4 Å². The van der Waals surface area contributed by atoms with E-state index in [-0.39, 0.29) is 18.5 Å². The molecular formula is C21H31F2N5O. The molecule has 2 saturated heterocycles. The molecule has 29 heavy (non-hydrogen) atoms. The van der Waals surface area contributed by atoms with Gasteiger partial charge >= 0.3 is 0 Å². The van der Waals surface area contributed by atoms with Crippen molar-refractivity contribution in [3.63, 3.8) is 0 Å². The van der Waals surface area contributed by atoms with Gasteiger partial charge in [0.15, 0.2) is 5.96 Å². The van der Waals surface area contributed by atoms with Crippen LogP contribution in [0.2, 0.25) is 0 Å². The summed E-state index contributed by atoms with van der Waals surface area (Å²) in [5.41, 5.74) is 2.26. The van der Waals surface area contributed by atoms with Gasteiger partial charge in [0, 0.05) is 52.2 Å². The molecule has 0 saturated carbocycles. The van der Waals surface area contributed by atoms with E-state index in [9.17, 15) is 13.6 Å². The van der Waals surface area contributed by atoms with E-state index in [2.05, 4.69) is 33.8 Å². The molecule has 0 aromatic heterocycles. The van der Waals surface area contributed by atoms with Crippen LogP contribution in [0.3, 0.4) is 0 Å². The largest absolute Gasteiger partial charge is 0.354 e. The van der Waals surface area contributed by atoms with E-state index in [0.717, 1.165) is 42.9 Å². The zero-order valence-corrected chi connectivity index (χ0v) is 17.0. The molecule has 0 radical (unpaired) electrons. The summed E-state index contributed by atoms with van der Waals surface area (Å²) >= 11 is 0. The van der Waals surface area contributed by atoms with Crippen molar-refractivity contribution in [2.45, 2.75) is 51.2 Å².